The van der Waals surface area contributed by atoms with Crippen LogP contribution in [0, 0.1) is 0 Å². The van der Waals surface area contributed by atoms with Crippen molar-refractivity contribution < 1.29 is 18.0 Å². The zero-order chi connectivity index (χ0) is 18.2. The Morgan fingerprint density at radius 2 is 2.04 bits per heavy atom. The predicted octanol–water partition coefficient (Wildman–Crippen LogP) is 2.07. The highest BCUT2D eigenvalue weighted by molar-refractivity contribution is 7.10. The van der Waals surface area contributed by atoms with Gasteiger partial charge in [0.1, 0.15) is 0 Å². The molecule has 3 heterocycles. The first-order valence-corrected chi connectivity index (χ1v) is 8.68. The molecule has 25 heavy (non-hydrogen) atoms. The van der Waals surface area contributed by atoms with Gasteiger partial charge in [0.15, 0.2) is 0 Å². The molecule has 0 unspecified atom stereocenters. The quantitative estimate of drug-likeness (QED) is 0.826. The van der Waals surface area contributed by atoms with Crippen molar-refractivity contribution in [3.8, 4) is 0 Å². The molecular formula is C15H17F3N4O2S. The van der Waals surface area contributed by atoms with Gasteiger partial charge in [-0.3, -0.25) is 9.36 Å². The number of aromatic nitrogens is 3. The van der Waals surface area contributed by atoms with E-state index in [9.17, 15) is 22.8 Å². The zero-order valence-corrected chi connectivity index (χ0v) is 14.3. The standard InChI is InChI=1S/C15H17F3N4O2S/c1-20-13(15(16,17)18)19-22(14(20)24)10-4-6-21(7-5-10)12(23)9-11-3-2-8-25-11/h2-3,8,10H,4-7,9H2,1H3. The third kappa shape index (κ3) is 3.63. The lowest BCUT2D eigenvalue weighted by Gasteiger charge is -2.31. The zero-order valence-electron chi connectivity index (χ0n) is 13.5. The minimum Gasteiger partial charge on any atom is -0.342 e. The van der Waals surface area contributed by atoms with Crippen LogP contribution in [-0.2, 0) is 24.4 Å². The Kier molecular flexibility index (Phi) is 4.72. The molecule has 136 valence electrons. The Morgan fingerprint density at radius 3 is 2.56 bits per heavy atom. The maximum atomic E-state index is 12.9. The number of amides is 1. The molecule has 1 aliphatic rings. The van der Waals surface area contributed by atoms with Crippen LogP contribution in [0.5, 0.6) is 0 Å². The Labute approximate surface area is 145 Å². The number of thiophene rings is 1. The van der Waals surface area contributed by atoms with Crippen LogP contribution in [0.1, 0.15) is 29.6 Å². The fourth-order valence-corrected chi connectivity index (χ4v) is 3.67. The van der Waals surface area contributed by atoms with E-state index >= 15 is 0 Å². The van der Waals surface area contributed by atoms with E-state index in [1.165, 1.54) is 11.3 Å². The molecule has 0 aromatic carbocycles. The number of hydrogen-bond donors (Lipinski definition) is 0. The minimum atomic E-state index is -4.67. The van der Waals surface area contributed by atoms with Gasteiger partial charge in [-0.15, -0.1) is 16.4 Å². The summed E-state index contributed by atoms with van der Waals surface area (Å²) < 4.78 is 40.0. The second-order valence-corrected chi connectivity index (χ2v) is 7.01. The average Bonchev–Trinajstić information content (AvgIpc) is 3.16. The summed E-state index contributed by atoms with van der Waals surface area (Å²) in [6, 6.07) is 3.34. The topological polar surface area (TPSA) is 60.1 Å². The van der Waals surface area contributed by atoms with Gasteiger partial charge in [-0.25, -0.2) is 9.48 Å². The molecule has 1 amide bonds. The van der Waals surface area contributed by atoms with Crippen molar-refractivity contribution in [1.82, 2.24) is 19.2 Å². The molecule has 0 saturated carbocycles. The van der Waals surface area contributed by atoms with Crippen molar-refractivity contribution in [1.29, 1.82) is 0 Å². The molecule has 1 aliphatic heterocycles. The number of carbonyl (C=O) groups excluding carboxylic acids is 1. The largest absolute Gasteiger partial charge is 0.451 e. The maximum absolute atomic E-state index is 12.9. The van der Waals surface area contributed by atoms with Gasteiger partial charge < -0.3 is 4.90 Å². The van der Waals surface area contributed by atoms with E-state index in [1.807, 2.05) is 17.5 Å². The second-order valence-electron chi connectivity index (χ2n) is 5.98. The van der Waals surface area contributed by atoms with E-state index in [-0.39, 0.29) is 5.91 Å². The lowest BCUT2D eigenvalue weighted by molar-refractivity contribution is -0.147. The summed E-state index contributed by atoms with van der Waals surface area (Å²) in [5, 5.41) is 5.38. The van der Waals surface area contributed by atoms with E-state index < -0.39 is 23.7 Å². The summed E-state index contributed by atoms with van der Waals surface area (Å²) >= 11 is 1.51. The van der Waals surface area contributed by atoms with Crippen molar-refractivity contribution in [3.05, 3.63) is 38.7 Å². The summed E-state index contributed by atoms with van der Waals surface area (Å²) in [7, 11) is 1.06. The Morgan fingerprint density at radius 1 is 1.36 bits per heavy atom. The summed E-state index contributed by atoms with van der Waals surface area (Å²) in [5.41, 5.74) is -0.782. The van der Waals surface area contributed by atoms with Crippen LogP contribution in [-0.4, -0.2) is 38.2 Å². The number of nitrogens with zero attached hydrogens (tertiary/aromatic N) is 4. The lowest BCUT2D eigenvalue weighted by atomic mass is 10.0. The van der Waals surface area contributed by atoms with Crippen LogP contribution in [0.4, 0.5) is 13.2 Å². The lowest BCUT2D eigenvalue weighted by Crippen LogP contribution is -2.41. The van der Waals surface area contributed by atoms with Gasteiger partial charge in [0, 0.05) is 25.0 Å². The van der Waals surface area contributed by atoms with Gasteiger partial charge >= 0.3 is 11.9 Å². The summed E-state index contributed by atoms with van der Waals surface area (Å²) in [6.45, 7) is 0.804. The van der Waals surface area contributed by atoms with E-state index in [2.05, 4.69) is 5.10 Å². The van der Waals surface area contributed by atoms with Crippen LogP contribution in [0.25, 0.3) is 0 Å². The van der Waals surface area contributed by atoms with Crippen molar-refractivity contribution >= 4 is 17.2 Å². The van der Waals surface area contributed by atoms with Crippen LogP contribution in [0.3, 0.4) is 0 Å². The Balaban J connectivity index is 1.67. The number of alkyl halides is 3. The molecule has 10 heteroatoms. The first-order valence-electron chi connectivity index (χ1n) is 7.80. The van der Waals surface area contributed by atoms with E-state index in [4.69, 9.17) is 0 Å². The molecule has 2 aromatic rings. The molecule has 0 atom stereocenters. The highest BCUT2D eigenvalue weighted by atomic mass is 32.1. The normalized spacial score (nSPS) is 16.4. The number of rotatable bonds is 3. The Bertz CT molecular complexity index is 802. The van der Waals surface area contributed by atoms with Crippen LogP contribution >= 0.6 is 11.3 Å². The minimum absolute atomic E-state index is 0.00903. The average molecular weight is 374 g/mol. The highest BCUT2D eigenvalue weighted by Gasteiger charge is 2.39. The van der Waals surface area contributed by atoms with E-state index in [0.717, 1.165) is 16.6 Å². The fraction of sp³-hybridized carbons (Fsp3) is 0.533. The molecule has 1 saturated heterocycles. The first-order chi connectivity index (χ1) is 11.8. The molecule has 0 bridgehead atoms. The van der Waals surface area contributed by atoms with Gasteiger partial charge in [-0.05, 0) is 24.3 Å². The second kappa shape index (κ2) is 6.66. The van der Waals surface area contributed by atoms with Gasteiger partial charge in [-0.1, -0.05) is 6.07 Å². The third-order valence-corrected chi connectivity index (χ3v) is 5.20. The van der Waals surface area contributed by atoms with Crippen LogP contribution in [0.2, 0.25) is 0 Å². The van der Waals surface area contributed by atoms with Crippen molar-refractivity contribution in [3.63, 3.8) is 0 Å². The highest BCUT2D eigenvalue weighted by Crippen LogP contribution is 2.28. The molecule has 0 spiro atoms. The smallest absolute Gasteiger partial charge is 0.342 e. The van der Waals surface area contributed by atoms with E-state index in [1.54, 1.807) is 4.90 Å². The monoisotopic (exact) mass is 374 g/mol. The molecule has 1 fully saturated rings. The predicted molar refractivity (Wildman–Crippen MR) is 85.3 cm³/mol. The third-order valence-electron chi connectivity index (χ3n) is 4.33. The Hall–Kier alpha value is -2.10. The molecule has 0 radical (unpaired) electrons. The van der Waals surface area contributed by atoms with Gasteiger partial charge in [0.05, 0.1) is 12.5 Å². The van der Waals surface area contributed by atoms with Gasteiger partial charge in [0.2, 0.25) is 11.7 Å². The van der Waals surface area contributed by atoms with Crippen molar-refractivity contribution in [2.45, 2.75) is 31.5 Å². The molecule has 2 aromatic heterocycles. The summed E-state index contributed by atoms with van der Waals surface area (Å²) in [6.07, 6.45) is -3.53. The fourth-order valence-electron chi connectivity index (χ4n) is 2.97. The van der Waals surface area contributed by atoms with Crippen LogP contribution in [0.15, 0.2) is 22.3 Å². The first kappa shape index (κ1) is 17.7. The number of likely N-dealkylation sites (tertiary alicyclic amines) is 1. The molecule has 6 nitrogen and oxygen atoms in total. The summed E-state index contributed by atoms with van der Waals surface area (Å²) in [5.74, 6) is -1.21. The summed E-state index contributed by atoms with van der Waals surface area (Å²) in [4.78, 5) is 27.0. The molecular weight excluding hydrogens is 357 g/mol. The van der Waals surface area contributed by atoms with Crippen molar-refractivity contribution in [2.24, 2.45) is 7.05 Å². The maximum Gasteiger partial charge on any atom is 0.451 e. The molecule has 3 rings (SSSR count). The molecule has 0 aliphatic carbocycles. The number of piperidine rings is 1. The number of hydrogen-bond acceptors (Lipinski definition) is 4. The van der Waals surface area contributed by atoms with Gasteiger partial charge in [0.25, 0.3) is 0 Å². The van der Waals surface area contributed by atoms with Gasteiger partial charge in [-0.2, -0.15) is 13.2 Å². The van der Waals surface area contributed by atoms with Crippen molar-refractivity contribution in [2.75, 3.05) is 13.1 Å². The number of carbonyl (C=O) groups is 1. The van der Waals surface area contributed by atoms with E-state index in [0.29, 0.717) is 36.9 Å². The SMILES string of the molecule is Cn1c(C(F)(F)F)nn(C2CCN(C(=O)Cc3cccs3)CC2)c1=O. The molecule has 0 N–H and O–H groups in total. The number of halogens is 3. The van der Waals surface area contributed by atoms with Crippen LogP contribution < -0.4 is 5.69 Å².